The Labute approximate surface area is 229 Å². The van der Waals surface area contributed by atoms with E-state index in [0.29, 0.717) is 38.2 Å². The number of amides is 1. The predicted octanol–water partition coefficient (Wildman–Crippen LogP) is 4.77. The van der Waals surface area contributed by atoms with Gasteiger partial charge in [-0.25, -0.2) is 14.1 Å². The Bertz CT molecular complexity index is 1290. The quantitative estimate of drug-likeness (QED) is 0.346. The Morgan fingerprint density at radius 1 is 1.21 bits per heavy atom. The van der Waals surface area contributed by atoms with Gasteiger partial charge >= 0.3 is 0 Å². The number of hydrogen-bond acceptors (Lipinski definition) is 6. The summed E-state index contributed by atoms with van der Waals surface area (Å²) in [7, 11) is 3.29. The van der Waals surface area contributed by atoms with Gasteiger partial charge in [0.2, 0.25) is 11.8 Å². The van der Waals surface area contributed by atoms with Crippen molar-refractivity contribution in [2.75, 3.05) is 33.9 Å². The Hall–Kier alpha value is -3.27. The molecule has 5 rings (SSSR count). The monoisotopic (exact) mass is 538 g/mol. The van der Waals surface area contributed by atoms with E-state index in [4.69, 9.17) is 19.7 Å². The van der Waals surface area contributed by atoms with E-state index >= 15 is 0 Å². The highest BCUT2D eigenvalue weighted by molar-refractivity contribution is 5.77. The smallest absolute Gasteiger partial charge is 0.250 e. The number of aromatic nitrogens is 5. The minimum atomic E-state index is -0.530. The van der Waals surface area contributed by atoms with E-state index in [-0.39, 0.29) is 23.7 Å². The van der Waals surface area contributed by atoms with Crippen molar-refractivity contribution >= 4 is 5.91 Å². The molecule has 1 fully saturated rings. The Morgan fingerprint density at radius 2 is 2.05 bits per heavy atom. The van der Waals surface area contributed by atoms with E-state index in [1.165, 1.54) is 32.4 Å². The summed E-state index contributed by atoms with van der Waals surface area (Å²) in [5, 5.41) is 9.79. The van der Waals surface area contributed by atoms with Crippen LogP contribution in [0.3, 0.4) is 0 Å². The number of fused-ring (bicyclic) bond motifs is 1. The number of pyridine rings is 1. The molecule has 3 aromatic rings. The first-order valence-corrected chi connectivity index (χ1v) is 14.2. The van der Waals surface area contributed by atoms with Crippen molar-refractivity contribution in [3.63, 3.8) is 0 Å². The maximum absolute atomic E-state index is 14.6. The van der Waals surface area contributed by atoms with Crippen LogP contribution in [0.4, 0.5) is 4.39 Å². The predicted molar refractivity (Wildman–Crippen MR) is 145 cm³/mol. The zero-order valence-electron chi connectivity index (χ0n) is 23.2. The second-order valence-electron chi connectivity index (χ2n) is 10.7. The number of methoxy groups -OCH3 is 1. The summed E-state index contributed by atoms with van der Waals surface area (Å²) in [5.41, 5.74) is 4.40. The number of ether oxygens (including phenoxy) is 2. The number of carbonyl (C=O) groups excluding carboxylic acids is 1. The molecule has 2 atom stereocenters. The van der Waals surface area contributed by atoms with Gasteiger partial charge in [0, 0.05) is 49.8 Å². The van der Waals surface area contributed by atoms with Gasteiger partial charge in [0.15, 0.2) is 5.82 Å². The average molecular weight is 539 g/mol. The number of likely N-dealkylation sites (tertiary alicyclic amines) is 1. The Kier molecular flexibility index (Phi) is 8.60. The zero-order chi connectivity index (χ0) is 27.4. The summed E-state index contributed by atoms with van der Waals surface area (Å²) in [6.07, 6.45) is 14.2. The van der Waals surface area contributed by atoms with Crippen LogP contribution in [0, 0.1) is 11.7 Å². The average Bonchev–Trinajstić information content (AvgIpc) is 3.48. The van der Waals surface area contributed by atoms with Gasteiger partial charge in [-0.15, -0.1) is 0 Å². The van der Waals surface area contributed by atoms with Crippen LogP contribution >= 0.6 is 0 Å². The highest BCUT2D eigenvalue weighted by Crippen LogP contribution is 2.35. The molecule has 1 amide bonds. The molecule has 0 aromatic carbocycles. The van der Waals surface area contributed by atoms with Crippen LogP contribution in [-0.2, 0) is 22.4 Å². The first-order chi connectivity index (χ1) is 19.0. The van der Waals surface area contributed by atoms with Gasteiger partial charge in [-0.2, -0.15) is 10.2 Å². The van der Waals surface area contributed by atoms with Crippen LogP contribution in [0.2, 0.25) is 0 Å². The third kappa shape index (κ3) is 5.85. The number of piperidine rings is 1. The molecule has 2 unspecified atom stereocenters. The zero-order valence-corrected chi connectivity index (χ0v) is 23.2. The molecule has 0 saturated carbocycles. The molecule has 5 heterocycles. The van der Waals surface area contributed by atoms with Crippen molar-refractivity contribution in [1.82, 2.24) is 29.4 Å². The Morgan fingerprint density at radius 3 is 2.82 bits per heavy atom. The summed E-state index contributed by atoms with van der Waals surface area (Å²) < 4.78 is 29.2. The van der Waals surface area contributed by atoms with E-state index in [9.17, 15) is 9.18 Å². The molecule has 210 valence electrons. The molecule has 0 N–H and O–H groups in total. The van der Waals surface area contributed by atoms with Crippen LogP contribution in [0.5, 0.6) is 5.88 Å². The molecular formula is C29H39FN6O3. The fraction of sp³-hybridized carbons (Fsp3) is 0.586. The fourth-order valence-electron chi connectivity index (χ4n) is 5.88. The molecule has 2 aliphatic rings. The molecule has 0 spiro atoms. The van der Waals surface area contributed by atoms with Gasteiger partial charge in [0.1, 0.15) is 0 Å². The van der Waals surface area contributed by atoms with Gasteiger partial charge in [-0.1, -0.05) is 32.6 Å². The van der Waals surface area contributed by atoms with E-state index < -0.39 is 5.82 Å². The topological polar surface area (TPSA) is 87.3 Å². The van der Waals surface area contributed by atoms with Crippen molar-refractivity contribution in [2.24, 2.45) is 5.92 Å². The van der Waals surface area contributed by atoms with Gasteiger partial charge in [0.25, 0.3) is 0 Å². The molecule has 1 saturated heterocycles. The van der Waals surface area contributed by atoms with Crippen molar-refractivity contribution in [1.29, 1.82) is 0 Å². The molecule has 9 nitrogen and oxygen atoms in total. The lowest BCUT2D eigenvalue weighted by molar-refractivity contribution is -0.134. The van der Waals surface area contributed by atoms with Crippen molar-refractivity contribution < 1.29 is 18.7 Å². The number of halogens is 1. The third-order valence-corrected chi connectivity index (χ3v) is 8.11. The van der Waals surface area contributed by atoms with E-state index in [1.807, 2.05) is 18.1 Å². The van der Waals surface area contributed by atoms with Crippen molar-refractivity contribution in [3.8, 4) is 22.8 Å². The van der Waals surface area contributed by atoms with Crippen LogP contribution < -0.4 is 4.74 Å². The maximum Gasteiger partial charge on any atom is 0.250 e. The summed E-state index contributed by atoms with van der Waals surface area (Å²) in [5.74, 6) is -0.0997. The molecule has 39 heavy (non-hydrogen) atoms. The lowest BCUT2D eigenvalue weighted by Gasteiger charge is -2.34. The normalized spacial score (nSPS) is 18.6. The number of carbonyl (C=O) groups is 1. The van der Waals surface area contributed by atoms with Crippen LogP contribution in [0.1, 0.15) is 69.2 Å². The second kappa shape index (κ2) is 12.3. The molecule has 0 radical (unpaired) electrons. The fourth-order valence-corrected chi connectivity index (χ4v) is 5.88. The minimum absolute atomic E-state index is 0.0424. The molecule has 2 aliphatic heterocycles. The summed E-state index contributed by atoms with van der Waals surface area (Å²) in [6.45, 7) is 4.18. The van der Waals surface area contributed by atoms with Gasteiger partial charge in [-0.05, 0) is 25.2 Å². The largest absolute Gasteiger partial charge is 0.479 e. The first-order valence-electron chi connectivity index (χ1n) is 14.2. The number of hydrogen-bond donors (Lipinski definition) is 0. The summed E-state index contributed by atoms with van der Waals surface area (Å²) >= 11 is 0. The summed E-state index contributed by atoms with van der Waals surface area (Å²) in [4.78, 5) is 18.5. The van der Waals surface area contributed by atoms with Crippen molar-refractivity contribution in [3.05, 3.63) is 41.7 Å². The minimum Gasteiger partial charge on any atom is -0.479 e. The lowest BCUT2D eigenvalue weighted by atomic mass is 9.86. The number of nitrogens with zero attached hydrogens (tertiary/aromatic N) is 6. The van der Waals surface area contributed by atoms with E-state index in [2.05, 4.69) is 22.8 Å². The Balaban J connectivity index is 1.48. The van der Waals surface area contributed by atoms with E-state index in [0.717, 1.165) is 48.3 Å². The highest BCUT2D eigenvalue weighted by atomic mass is 19.1. The van der Waals surface area contributed by atoms with E-state index in [1.54, 1.807) is 10.9 Å². The molecule has 3 aromatic heterocycles. The molecular weight excluding hydrogens is 499 g/mol. The highest BCUT2D eigenvalue weighted by Gasteiger charge is 2.32. The van der Waals surface area contributed by atoms with Crippen molar-refractivity contribution in [2.45, 2.75) is 70.8 Å². The van der Waals surface area contributed by atoms with Gasteiger partial charge in [0.05, 0.1) is 55.8 Å². The van der Waals surface area contributed by atoms with Crippen LogP contribution in [0.25, 0.3) is 16.9 Å². The third-order valence-electron chi connectivity index (χ3n) is 8.11. The standard InChI is InChI=1S/C29H39FN6O3/c1-4-5-6-7-8-25(20-9-12-34(2)27(37)15-20)35-19-21(17-32-35)28-23-10-13-39-14-11-26(23)36(33-28)22-16-24(30)29(38-3)31-18-22/h16-20,25H,4-15H2,1-3H3. The van der Waals surface area contributed by atoms with Crippen LogP contribution in [-0.4, -0.2) is 69.3 Å². The molecule has 10 heteroatoms. The number of rotatable bonds is 10. The van der Waals surface area contributed by atoms with Gasteiger partial charge in [-0.3, -0.25) is 9.48 Å². The molecule has 0 bridgehead atoms. The molecule has 0 aliphatic carbocycles. The van der Waals surface area contributed by atoms with Gasteiger partial charge < -0.3 is 14.4 Å². The SMILES string of the molecule is CCCCCCC(C1CCN(C)C(=O)C1)n1cc(-c2nn(-c3cnc(OC)c(F)c3)c3c2CCOCC3)cn1. The first kappa shape index (κ1) is 27.3. The lowest BCUT2D eigenvalue weighted by Crippen LogP contribution is -2.38. The maximum atomic E-state index is 14.6. The summed E-state index contributed by atoms with van der Waals surface area (Å²) in [6, 6.07) is 1.57. The second-order valence-corrected chi connectivity index (χ2v) is 10.7. The van der Waals surface area contributed by atoms with Crippen LogP contribution in [0.15, 0.2) is 24.7 Å². The number of unbranched alkanes of at least 4 members (excludes halogenated alkanes) is 3.